The number of nitrogens with zero attached hydrogens (tertiary/aromatic N) is 4. The Kier molecular flexibility index (Phi) is 9.07. The maximum atomic E-state index is 13.4. The Morgan fingerprint density at radius 3 is 2.46 bits per heavy atom. The van der Waals surface area contributed by atoms with E-state index in [0.29, 0.717) is 36.6 Å². The Labute approximate surface area is 230 Å². The molecule has 8 heteroatoms. The predicted octanol–water partition coefficient (Wildman–Crippen LogP) is 5.28. The van der Waals surface area contributed by atoms with Gasteiger partial charge in [0.2, 0.25) is 0 Å². The number of aromatic nitrogens is 2. The van der Waals surface area contributed by atoms with Crippen molar-refractivity contribution in [2.45, 2.75) is 58.9 Å². The number of fused-ring (bicyclic) bond motifs is 1. The molecule has 8 nitrogen and oxygen atoms in total. The molecule has 4 rings (SSSR count). The molecule has 1 unspecified atom stereocenters. The number of aliphatic hydroxyl groups is 1. The number of pyridine rings is 1. The van der Waals surface area contributed by atoms with Crippen LogP contribution >= 0.6 is 0 Å². The molecule has 1 aromatic carbocycles. The first-order valence-electron chi connectivity index (χ1n) is 13.8. The molecular formula is C31H40N4O4. The molecule has 39 heavy (non-hydrogen) atoms. The van der Waals surface area contributed by atoms with Crippen molar-refractivity contribution in [2.75, 3.05) is 33.8 Å². The van der Waals surface area contributed by atoms with Gasteiger partial charge in [-0.3, -0.25) is 9.59 Å². The van der Waals surface area contributed by atoms with Crippen molar-refractivity contribution in [3.63, 3.8) is 0 Å². The van der Waals surface area contributed by atoms with Crippen LogP contribution in [0, 0.1) is 13.8 Å². The molecule has 1 saturated heterocycles. The number of Topliss-reactive ketones (excluding diaryl/α,β-unsaturated/α-hetero) is 1. The monoisotopic (exact) mass is 532 g/mol. The fraction of sp³-hybridized carbons (Fsp3) is 0.452. The summed E-state index contributed by atoms with van der Waals surface area (Å²) in [6.07, 6.45) is 7.08. The zero-order chi connectivity index (χ0) is 28.1. The quantitative estimate of drug-likeness (QED) is 0.148. The molecular weight excluding hydrogens is 492 g/mol. The number of aliphatic hydroxyl groups excluding tert-OH is 1. The van der Waals surface area contributed by atoms with E-state index in [1.54, 1.807) is 4.90 Å². The van der Waals surface area contributed by atoms with E-state index in [1.807, 2.05) is 79.8 Å². The number of hydrogen-bond acceptors (Lipinski definition) is 6. The Balaban J connectivity index is 1.72. The first-order valence-corrected chi connectivity index (χ1v) is 13.8. The number of carbonyl (C=O) groups excluding carboxylic acids is 2. The third-order valence-corrected chi connectivity index (χ3v) is 7.32. The smallest absolute Gasteiger partial charge is 0.295 e. The van der Waals surface area contributed by atoms with E-state index in [0.717, 1.165) is 36.3 Å². The molecule has 1 aliphatic heterocycles. The summed E-state index contributed by atoms with van der Waals surface area (Å²) in [6, 6.07) is 10.6. The van der Waals surface area contributed by atoms with Crippen LogP contribution in [0.25, 0.3) is 11.4 Å². The van der Waals surface area contributed by atoms with Crippen molar-refractivity contribution in [3.05, 3.63) is 70.7 Å². The van der Waals surface area contributed by atoms with E-state index in [9.17, 15) is 14.7 Å². The molecule has 0 spiro atoms. The lowest BCUT2D eigenvalue weighted by atomic mass is 9.96. The number of aryl methyl sites for hydroxylation is 2. The number of hydrogen-bond donors (Lipinski definition) is 1. The maximum absolute atomic E-state index is 13.4. The average molecular weight is 533 g/mol. The number of ether oxygens (including phenoxy) is 1. The third kappa shape index (κ3) is 6.01. The lowest BCUT2D eigenvalue weighted by Gasteiger charge is -2.26. The summed E-state index contributed by atoms with van der Waals surface area (Å²) in [6.45, 7) is 7.79. The summed E-state index contributed by atoms with van der Waals surface area (Å²) in [5.41, 5.74) is 3.49. The first kappa shape index (κ1) is 28.4. The van der Waals surface area contributed by atoms with Gasteiger partial charge in [0.15, 0.2) is 5.76 Å². The van der Waals surface area contributed by atoms with Crippen LogP contribution in [0.5, 0.6) is 5.75 Å². The van der Waals surface area contributed by atoms with Crippen LogP contribution in [0.2, 0.25) is 0 Å². The van der Waals surface area contributed by atoms with Gasteiger partial charge in [0.1, 0.15) is 17.1 Å². The van der Waals surface area contributed by atoms with Gasteiger partial charge in [0, 0.05) is 12.7 Å². The highest BCUT2D eigenvalue weighted by atomic mass is 16.5. The third-order valence-electron chi connectivity index (χ3n) is 7.32. The number of ketones is 1. The van der Waals surface area contributed by atoms with Gasteiger partial charge in [-0.05, 0) is 76.7 Å². The van der Waals surface area contributed by atoms with Gasteiger partial charge in [-0.25, -0.2) is 4.98 Å². The Hall–Kier alpha value is -3.65. The number of rotatable bonds is 12. The highest BCUT2D eigenvalue weighted by Crippen LogP contribution is 2.40. The van der Waals surface area contributed by atoms with Gasteiger partial charge >= 0.3 is 0 Å². The van der Waals surface area contributed by atoms with Crippen LogP contribution in [-0.2, 0) is 9.59 Å². The minimum atomic E-state index is -0.712. The van der Waals surface area contributed by atoms with E-state index in [4.69, 9.17) is 4.74 Å². The van der Waals surface area contributed by atoms with E-state index in [-0.39, 0.29) is 11.3 Å². The second kappa shape index (κ2) is 12.5. The number of likely N-dealkylation sites (tertiary alicyclic amines) is 1. The largest absolute Gasteiger partial charge is 0.505 e. The minimum absolute atomic E-state index is 0.0715. The fourth-order valence-corrected chi connectivity index (χ4v) is 5.15. The van der Waals surface area contributed by atoms with Crippen LogP contribution in [-0.4, -0.2) is 69.8 Å². The van der Waals surface area contributed by atoms with Crippen molar-refractivity contribution < 1.29 is 19.4 Å². The second-order valence-corrected chi connectivity index (χ2v) is 10.6. The fourth-order valence-electron chi connectivity index (χ4n) is 5.15. The molecule has 0 aliphatic carbocycles. The van der Waals surface area contributed by atoms with Gasteiger partial charge in [0.05, 0.1) is 23.9 Å². The van der Waals surface area contributed by atoms with E-state index in [1.165, 1.54) is 12.8 Å². The molecule has 1 fully saturated rings. The van der Waals surface area contributed by atoms with Gasteiger partial charge < -0.3 is 24.0 Å². The second-order valence-electron chi connectivity index (χ2n) is 10.6. The number of unbranched alkanes of at least 4 members (excludes halogenated alkanes) is 3. The van der Waals surface area contributed by atoms with E-state index in [2.05, 4.69) is 11.9 Å². The summed E-state index contributed by atoms with van der Waals surface area (Å²) in [7, 11) is 3.95. The van der Waals surface area contributed by atoms with Crippen molar-refractivity contribution in [1.29, 1.82) is 0 Å². The Bertz CT molecular complexity index is 1360. The van der Waals surface area contributed by atoms with Gasteiger partial charge in [-0.1, -0.05) is 44.4 Å². The summed E-state index contributed by atoms with van der Waals surface area (Å²) >= 11 is 0. The zero-order valence-corrected chi connectivity index (χ0v) is 23.7. The minimum Gasteiger partial charge on any atom is -0.505 e. The molecule has 0 bridgehead atoms. The molecule has 1 N–H and O–H groups in total. The lowest BCUT2D eigenvalue weighted by Crippen LogP contribution is -2.32. The molecule has 0 saturated carbocycles. The Morgan fingerprint density at radius 2 is 1.79 bits per heavy atom. The van der Waals surface area contributed by atoms with Crippen molar-refractivity contribution >= 4 is 23.1 Å². The van der Waals surface area contributed by atoms with Crippen molar-refractivity contribution in [3.8, 4) is 5.75 Å². The van der Waals surface area contributed by atoms with Crippen LogP contribution < -0.4 is 4.74 Å². The molecule has 0 radical (unpaired) electrons. The molecule has 2 aromatic heterocycles. The van der Waals surface area contributed by atoms with Crippen LogP contribution in [0.4, 0.5) is 0 Å². The van der Waals surface area contributed by atoms with Gasteiger partial charge in [0.25, 0.3) is 11.7 Å². The number of benzene rings is 1. The summed E-state index contributed by atoms with van der Waals surface area (Å²) in [4.78, 5) is 35.0. The van der Waals surface area contributed by atoms with Crippen LogP contribution in [0.1, 0.15) is 67.6 Å². The average Bonchev–Trinajstić information content (AvgIpc) is 3.38. The summed E-state index contributed by atoms with van der Waals surface area (Å²) in [5, 5.41) is 11.6. The molecule has 1 amide bonds. The summed E-state index contributed by atoms with van der Waals surface area (Å²) < 4.78 is 7.80. The normalized spacial score (nSPS) is 17.1. The molecule has 3 aromatic rings. The SMILES string of the molecule is CCCCCCOc1ccc(C2C(=C(O)c3nc4c(C)cccn4c3C)C(=O)C(=O)N2CCCN(C)C)cc1. The lowest BCUT2D eigenvalue weighted by molar-refractivity contribution is -0.139. The van der Waals surface area contributed by atoms with Gasteiger partial charge in [-0.2, -0.15) is 0 Å². The topological polar surface area (TPSA) is 87.4 Å². The number of imidazole rings is 1. The highest BCUT2D eigenvalue weighted by molar-refractivity contribution is 6.46. The summed E-state index contributed by atoms with van der Waals surface area (Å²) in [5.74, 6) is -0.794. The predicted molar refractivity (Wildman–Crippen MR) is 153 cm³/mol. The van der Waals surface area contributed by atoms with E-state index < -0.39 is 17.7 Å². The standard InChI is InChI=1S/C31H40N4O4/c1-6-7-8-9-20-39-24-15-13-23(14-16-24)27-25(29(37)31(38)35(27)19-11-17-33(4)5)28(36)26-22(3)34-18-10-12-21(2)30(34)32-26/h10,12-16,18,27,36H,6-9,11,17,19-20H2,1-5H3. The van der Waals surface area contributed by atoms with Crippen LogP contribution in [0.15, 0.2) is 48.2 Å². The Morgan fingerprint density at radius 1 is 1.05 bits per heavy atom. The van der Waals surface area contributed by atoms with Crippen LogP contribution in [0.3, 0.4) is 0 Å². The molecule has 3 heterocycles. The maximum Gasteiger partial charge on any atom is 0.295 e. The van der Waals surface area contributed by atoms with E-state index >= 15 is 0 Å². The molecule has 208 valence electrons. The zero-order valence-electron chi connectivity index (χ0n) is 23.7. The first-order chi connectivity index (χ1) is 18.7. The highest BCUT2D eigenvalue weighted by Gasteiger charge is 2.46. The number of carbonyl (C=O) groups is 2. The number of amides is 1. The molecule has 1 atom stereocenters. The van der Waals surface area contributed by atoms with Crippen molar-refractivity contribution in [2.24, 2.45) is 0 Å². The van der Waals surface area contributed by atoms with Crippen molar-refractivity contribution in [1.82, 2.24) is 19.2 Å². The van der Waals surface area contributed by atoms with Gasteiger partial charge in [-0.15, -0.1) is 0 Å². The molecule has 1 aliphatic rings.